The van der Waals surface area contributed by atoms with E-state index >= 15 is 0 Å². The first kappa shape index (κ1) is 11.5. The zero-order valence-corrected chi connectivity index (χ0v) is 8.83. The van der Waals surface area contributed by atoms with Crippen molar-refractivity contribution in [2.75, 3.05) is 13.2 Å². The lowest BCUT2D eigenvalue weighted by Crippen LogP contribution is -2.22. The third-order valence-corrected chi connectivity index (χ3v) is 3.01. The third kappa shape index (κ3) is 2.23. The number of ether oxygens (including phenoxy) is 1. The number of hydrogen-bond donors (Lipinski definition) is 1. The van der Waals surface area contributed by atoms with Gasteiger partial charge in [-0.05, 0) is 24.8 Å². The summed E-state index contributed by atoms with van der Waals surface area (Å²) in [4.78, 5) is 0. The molecule has 1 atom stereocenters. The van der Waals surface area contributed by atoms with Gasteiger partial charge in [0.05, 0.1) is 6.10 Å². The molecule has 4 heteroatoms. The van der Waals surface area contributed by atoms with Gasteiger partial charge in [-0.1, -0.05) is 12.1 Å². The Hall–Kier alpha value is -1.00. The van der Waals surface area contributed by atoms with Crippen LogP contribution in [0.3, 0.4) is 0 Å². The molecule has 1 N–H and O–H groups in total. The van der Waals surface area contributed by atoms with E-state index in [2.05, 4.69) is 0 Å². The van der Waals surface area contributed by atoms with Crippen LogP contribution >= 0.6 is 0 Å². The molecule has 1 saturated heterocycles. The molecule has 1 aromatic carbocycles. The van der Waals surface area contributed by atoms with Crippen molar-refractivity contribution in [3.05, 3.63) is 35.4 Å². The van der Waals surface area contributed by atoms with Gasteiger partial charge in [-0.3, -0.25) is 0 Å². The Balaban J connectivity index is 2.19. The second-order valence-electron chi connectivity index (χ2n) is 4.04. The van der Waals surface area contributed by atoms with E-state index in [0.717, 1.165) is 6.07 Å². The lowest BCUT2D eigenvalue weighted by Gasteiger charge is -2.27. The van der Waals surface area contributed by atoms with Crippen LogP contribution in [0.1, 0.15) is 24.5 Å². The Labute approximate surface area is 92.9 Å². The van der Waals surface area contributed by atoms with E-state index in [1.54, 1.807) is 0 Å². The van der Waals surface area contributed by atoms with Crippen LogP contribution in [0.2, 0.25) is 0 Å². The highest BCUT2D eigenvalue weighted by Gasteiger charge is 2.26. The summed E-state index contributed by atoms with van der Waals surface area (Å²) in [6, 6.07) is 3.89. The van der Waals surface area contributed by atoms with Crippen LogP contribution in [-0.2, 0) is 4.74 Å². The fraction of sp³-hybridized carbons (Fsp3) is 0.500. The molecule has 0 bridgehead atoms. The van der Waals surface area contributed by atoms with Crippen LogP contribution in [0.15, 0.2) is 18.2 Å². The van der Waals surface area contributed by atoms with Crippen LogP contribution < -0.4 is 0 Å². The predicted octanol–water partition coefficient (Wildman–Crippen LogP) is 2.42. The number of aliphatic hydroxyl groups is 1. The monoisotopic (exact) mass is 228 g/mol. The molecule has 1 aromatic rings. The minimum absolute atomic E-state index is 0.0481. The summed E-state index contributed by atoms with van der Waals surface area (Å²) in [6.07, 6.45) is 0.411. The summed E-state index contributed by atoms with van der Waals surface area (Å²) in [5, 5.41) is 9.99. The third-order valence-electron chi connectivity index (χ3n) is 3.01. The highest BCUT2D eigenvalue weighted by molar-refractivity contribution is 5.21. The highest BCUT2D eigenvalue weighted by atomic mass is 19.2. The zero-order chi connectivity index (χ0) is 11.5. The van der Waals surface area contributed by atoms with Crippen LogP contribution in [0.5, 0.6) is 0 Å². The Morgan fingerprint density at radius 1 is 1.25 bits per heavy atom. The molecule has 0 radical (unpaired) electrons. The molecule has 1 aliphatic heterocycles. The molecule has 16 heavy (non-hydrogen) atoms. The zero-order valence-electron chi connectivity index (χ0n) is 8.83. The average Bonchev–Trinajstić information content (AvgIpc) is 2.33. The summed E-state index contributed by atoms with van der Waals surface area (Å²) < 4.78 is 31.6. The number of hydrogen-bond acceptors (Lipinski definition) is 2. The van der Waals surface area contributed by atoms with Crippen molar-refractivity contribution in [3.63, 3.8) is 0 Å². The van der Waals surface area contributed by atoms with Crippen molar-refractivity contribution >= 4 is 0 Å². The van der Waals surface area contributed by atoms with Crippen LogP contribution in [-0.4, -0.2) is 18.3 Å². The predicted molar refractivity (Wildman–Crippen MR) is 54.9 cm³/mol. The van der Waals surface area contributed by atoms with Gasteiger partial charge in [-0.25, -0.2) is 8.78 Å². The molecule has 1 fully saturated rings. The molecule has 2 rings (SSSR count). The lowest BCUT2D eigenvalue weighted by molar-refractivity contribution is 0.00567. The molecular weight excluding hydrogens is 214 g/mol. The Morgan fingerprint density at radius 2 is 1.94 bits per heavy atom. The van der Waals surface area contributed by atoms with Crippen molar-refractivity contribution in [1.82, 2.24) is 0 Å². The molecule has 0 spiro atoms. The van der Waals surface area contributed by atoms with E-state index in [1.165, 1.54) is 12.1 Å². The van der Waals surface area contributed by atoms with E-state index in [-0.39, 0.29) is 11.5 Å². The average molecular weight is 228 g/mol. The number of rotatable bonds is 2. The van der Waals surface area contributed by atoms with Crippen molar-refractivity contribution in [2.24, 2.45) is 5.92 Å². The molecule has 0 saturated carbocycles. The fourth-order valence-electron chi connectivity index (χ4n) is 2.03. The van der Waals surface area contributed by atoms with Gasteiger partial charge in [0.25, 0.3) is 0 Å². The van der Waals surface area contributed by atoms with Crippen LogP contribution in [0.4, 0.5) is 8.78 Å². The minimum atomic E-state index is -0.945. The minimum Gasteiger partial charge on any atom is -0.388 e. The molecule has 0 aliphatic carbocycles. The van der Waals surface area contributed by atoms with Crippen LogP contribution in [0, 0.1) is 17.6 Å². The second-order valence-corrected chi connectivity index (χ2v) is 4.04. The summed E-state index contributed by atoms with van der Waals surface area (Å²) >= 11 is 0. The van der Waals surface area contributed by atoms with E-state index in [4.69, 9.17) is 4.74 Å². The smallest absolute Gasteiger partial charge is 0.164 e. The van der Waals surface area contributed by atoms with Crippen molar-refractivity contribution < 1.29 is 18.6 Å². The maximum absolute atomic E-state index is 13.4. The summed E-state index contributed by atoms with van der Waals surface area (Å²) in [6.45, 7) is 1.14. The Bertz CT molecular complexity index is 362. The van der Waals surface area contributed by atoms with Gasteiger partial charge < -0.3 is 9.84 Å². The molecule has 1 aliphatic rings. The van der Waals surface area contributed by atoms with E-state index in [9.17, 15) is 13.9 Å². The van der Waals surface area contributed by atoms with Gasteiger partial charge in [0.1, 0.15) is 0 Å². The molecule has 1 unspecified atom stereocenters. The van der Waals surface area contributed by atoms with Crippen molar-refractivity contribution in [3.8, 4) is 0 Å². The molecule has 88 valence electrons. The van der Waals surface area contributed by atoms with E-state index < -0.39 is 17.7 Å². The first-order valence-corrected chi connectivity index (χ1v) is 5.40. The second kappa shape index (κ2) is 4.89. The molecule has 0 amide bonds. The van der Waals surface area contributed by atoms with E-state index in [1.807, 2.05) is 0 Å². The summed E-state index contributed by atoms with van der Waals surface area (Å²) in [5.41, 5.74) is 0.0481. The Kier molecular flexibility index (Phi) is 3.51. The molecular formula is C12H14F2O2. The quantitative estimate of drug-likeness (QED) is 0.842. The molecule has 1 heterocycles. The van der Waals surface area contributed by atoms with Gasteiger partial charge in [0.2, 0.25) is 0 Å². The summed E-state index contributed by atoms with van der Waals surface area (Å²) in [7, 11) is 0. The van der Waals surface area contributed by atoms with Gasteiger partial charge in [-0.15, -0.1) is 0 Å². The first-order valence-electron chi connectivity index (χ1n) is 5.40. The van der Waals surface area contributed by atoms with E-state index in [0.29, 0.717) is 26.1 Å². The largest absolute Gasteiger partial charge is 0.388 e. The van der Waals surface area contributed by atoms with Gasteiger partial charge in [-0.2, -0.15) is 0 Å². The maximum Gasteiger partial charge on any atom is 0.164 e. The van der Waals surface area contributed by atoms with Gasteiger partial charge in [0, 0.05) is 18.8 Å². The van der Waals surface area contributed by atoms with Crippen molar-refractivity contribution in [1.29, 1.82) is 0 Å². The number of halogens is 2. The Morgan fingerprint density at radius 3 is 2.62 bits per heavy atom. The first-order chi connectivity index (χ1) is 7.70. The number of aliphatic hydroxyl groups excluding tert-OH is 1. The highest BCUT2D eigenvalue weighted by Crippen LogP contribution is 2.31. The topological polar surface area (TPSA) is 29.5 Å². The molecule has 2 nitrogen and oxygen atoms in total. The normalized spacial score (nSPS) is 19.7. The standard InChI is InChI=1S/C12H14F2O2/c13-10-3-1-2-9(11(10)14)12(15)8-4-6-16-7-5-8/h1-3,8,12,15H,4-7H2. The molecule has 0 aromatic heterocycles. The maximum atomic E-state index is 13.4. The SMILES string of the molecule is OC(c1cccc(F)c1F)C1CCOCC1. The fourth-order valence-corrected chi connectivity index (χ4v) is 2.03. The van der Waals surface area contributed by atoms with Gasteiger partial charge in [0.15, 0.2) is 11.6 Å². The van der Waals surface area contributed by atoms with Crippen molar-refractivity contribution in [2.45, 2.75) is 18.9 Å². The lowest BCUT2D eigenvalue weighted by atomic mass is 9.89. The van der Waals surface area contributed by atoms with Crippen LogP contribution in [0.25, 0.3) is 0 Å². The number of benzene rings is 1. The van der Waals surface area contributed by atoms with Gasteiger partial charge >= 0.3 is 0 Å². The summed E-state index contributed by atoms with van der Waals surface area (Å²) in [5.74, 6) is -1.91.